The Morgan fingerprint density at radius 2 is 2.17 bits per heavy atom. The average Bonchev–Trinajstić information content (AvgIpc) is 3.34. The van der Waals surface area contributed by atoms with Crippen molar-refractivity contribution in [3.63, 3.8) is 0 Å². The molecule has 1 aliphatic rings. The second-order valence-electron chi connectivity index (χ2n) is 6.80. The molecule has 0 saturated carbocycles. The molecule has 0 saturated heterocycles. The van der Waals surface area contributed by atoms with Crippen LogP contribution in [0.15, 0.2) is 37.1 Å². The average molecular weight is 401 g/mol. The quantitative estimate of drug-likeness (QED) is 0.482. The fourth-order valence-electron chi connectivity index (χ4n) is 2.99. The highest BCUT2D eigenvalue weighted by molar-refractivity contribution is 5.64. The molecule has 29 heavy (non-hydrogen) atoms. The first-order valence-electron chi connectivity index (χ1n) is 9.61. The Labute approximate surface area is 172 Å². The maximum atomic E-state index is 10.5. The molecule has 8 heteroatoms. The van der Waals surface area contributed by atoms with E-state index in [9.17, 15) is 9.59 Å². The van der Waals surface area contributed by atoms with E-state index in [1.54, 1.807) is 12.3 Å². The van der Waals surface area contributed by atoms with Crippen molar-refractivity contribution in [1.29, 1.82) is 0 Å². The molecular weight excluding hydrogens is 368 g/mol. The summed E-state index contributed by atoms with van der Waals surface area (Å²) in [4.78, 5) is 22.6. The Hall–Kier alpha value is -3.00. The van der Waals surface area contributed by atoms with E-state index in [4.69, 9.17) is 5.73 Å². The van der Waals surface area contributed by atoms with Crippen LogP contribution in [0.25, 0.3) is 0 Å². The standard InChI is InChI=1S/C14H20N2O.C4H6N4O.C3H6/c1-10-8-12-5-3-4-11(14(12)16(10)2)6-7-13(15)9-17;9-3-5-1-4-2-6-8-7-4;1-3-2/h3-5,9-10,13H,6-8,15H2,1-2H3;2-3H,1H2,(H,5,9)(H,6,7,8);3H,1H2,2H3. The monoisotopic (exact) mass is 400 g/mol. The van der Waals surface area contributed by atoms with Gasteiger partial charge in [-0.2, -0.15) is 15.4 Å². The minimum atomic E-state index is -0.338. The summed E-state index contributed by atoms with van der Waals surface area (Å²) in [5, 5.41) is 12.1. The number of nitrogens with two attached hydrogens (primary N) is 1. The number of amides is 1. The number of allylic oxidation sites excluding steroid dienone is 1. The first-order valence-corrected chi connectivity index (χ1v) is 9.61. The zero-order chi connectivity index (χ0) is 21.6. The second-order valence-corrected chi connectivity index (χ2v) is 6.80. The van der Waals surface area contributed by atoms with Crippen molar-refractivity contribution in [2.24, 2.45) is 5.73 Å². The number of benzene rings is 1. The van der Waals surface area contributed by atoms with Crippen LogP contribution in [0.1, 0.15) is 37.1 Å². The van der Waals surface area contributed by atoms with E-state index < -0.39 is 0 Å². The summed E-state index contributed by atoms with van der Waals surface area (Å²) in [6.45, 7) is 7.92. The molecule has 0 fully saturated rings. The molecule has 0 aliphatic carbocycles. The summed E-state index contributed by atoms with van der Waals surface area (Å²) in [5.74, 6) is 0. The molecule has 8 nitrogen and oxygen atoms in total. The van der Waals surface area contributed by atoms with E-state index in [-0.39, 0.29) is 6.04 Å². The van der Waals surface area contributed by atoms with E-state index in [2.05, 4.69) is 64.4 Å². The Kier molecular flexibility index (Phi) is 11.0. The van der Waals surface area contributed by atoms with Crippen molar-refractivity contribution in [1.82, 2.24) is 20.7 Å². The van der Waals surface area contributed by atoms with Gasteiger partial charge in [0.25, 0.3) is 0 Å². The molecule has 0 radical (unpaired) electrons. The first-order chi connectivity index (χ1) is 14.0. The van der Waals surface area contributed by atoms with Crippen LogP contribution < -0.4 is 16.0 Å². The molecule has 1 aromatic carbocycles. The minimum Gasteiger partial charge on any atom is -0.371 e. The third kappa shape index (κ3) is 7.87. The van der Waals surface area contributed by atoms with Crippen LogP contribution >= 0.6 is 0 Å². The summed E-state index contributed by atoms with van der Waals surface area (Å²) in [6, 6.07) is 6.66. The highest BCUT2D eigenvalue weighted by atomic mass is 16.1. The summed E-state index contributed by atoms with van der Waals surface area (Å²) in [7, 11) is 2.14. The Bertz CT molecular complexity index is 748. The van der Waals surface area contributed by atoms with Gasteiger partial charge in [-0.05, 0) is 44.2 Å². The van der Waals surface area contributed by atoms with Crippen LogP contribution in [-0.4, -0.2) is 47.2 Å². The molecule has 0 spiro atoms. The fraction of sp³-hybridized carbons (Fsp3) is 0.429. The van der Waals surface area contributed by atoms with Gasteiger partial charge in [0.05, 0.1) is 18.8 Å². The smallest absolute Gasteiger partial charge is 0.207 e. The number of carbonyl (C=O) groups excluding carboxylic acids is 2. The zero-order valence-electron chi connectivity index (χ0n) is 17.5. The lowest BCUT2D eigenvalue weighted by Crippen LogP contribution is -2.25. The van der Waals surface area contributed by atoms with Crippen molar-refractivity contribution in [3.05, 3.63) is 53.9 Å². The molecule has 2 unspecified atom stereocenters. The van der Waals surface area contributed by atoms with Gasteiger partial charge in [0.15, 0.2) is 0 Å². The normalized spacial score (nSPS) is 15.0. The van der Waals surface area contributed by atoms with Gasteiger partial charge in [-0.25, -0.2) is 0 Å². The molecule has 2 atom stereocenters. The molecule has 2 heterocycles. The lowest BCUT2D eigenvalue weighted by Gasteiger charge is -2.21. The van der Waals surface area contributed by atoms with Crippen LogP contribution in [0.2, 0.25) is 0 Å². The summed E-state index contributed by atoms with van der Waals surface area (Å²) >= 11 is 0. The number of aldehydes is 1. The number of aromatic amines is 1. The van der Waals surface area contributed by atoms with E-state index in [0.29, 0.717) is 19.0 Å². The van der Waals surface area contributed by atoms with E-state index in [1.165, 1.54) is 16.8 Å². The van der Waals surface area contributed by atoms with Crippen LogP contribution in [0.3, 0.4) is 0 Å². The Balaban J connectivity index is 0.000000294. The van der Waals surface area contributed by atoms with E-state index in [0.717, 1.165) is 31.2 Å². The second kappa shape index (κ2) is 13.2. The number of fused-ring (bicyclic) bond motifs is 1. The van der Waals surface area contributed by atoms with Gasteiger partial charge in [-0.3, -0.25) is 4.79 Å². The SMILES string of the molecule is C=CC.CC1Cc2cccc(CCC(N)C=O)c2N1C.O=CNCc1cn[nH]n1. The highest BCUT2D eigenvalue weighted by Gasteiger charge is 2.24. The number of para-hydroxylation sites is 1. The number of carbonyl (C=O) groups is 2. The molecular formula is C21H32N6O2. The number of hydrogen-bond acceptors (Lipinski definition) is 6. The van der Waals surface area contributed by atoms with Crippen molar-refractivity contribution < 1.29 is 9.59 Å². The molecule has 158 valence electrons. The van der Waals surface area contributed by atoms with Gasteiger partial charge in [0, 0.05) is 18.8 Å². The molecule has 1 aliphatic heterocycles. The third-order valence-electron chi connectivity index (χ3n) is 4.49. The Morgan fingerprint density at radius 1 is 1.45 bits per heavy atom. The van der Waals surface area contributed by atoms with Crippen LogP contribution in [0.5, 0.6) is 0 Å². The van der Waals surface area contributed by atoms with Crippen molar-refractivity contribution in [3.8, 4) is 0 Å². The largest absolute Gasteiger partial charge is 0.371 e. The molecule has 0 bridgehead atoms. The highest BCUT2D eigenvalue weighted by Crippen LogP contribution is 2.34. The predicted molar refractivity (Wildman–Crippen MR) is 116 cm³/mol. The molecule has 1 aromatic heterocycles. The van der Waals surface area contributed by atoms with E-state index >= 15 is 0 Å². The topological polar surface area (TPSA) is 117 Å². The van der Waals surface area contributed by atoms with Gasteiger partial charge < -0.3 is 20.7 Å². The number of H-pyrrole nitrogens is 1. The summed E-state index contributed by atoms with van der Waals surface area (Å²) < 4.78 is 0. The number of anilines is 1. The zero-order valence-corrected chi connectivity index (χ0v) is 17.5. The van der Waals surface area contributed by atoms with Gasteiger partial charge in [-0.1, -0.05) is 24.3 Å². The van der Waals surface area contributed by atoms with Gasteiger partial charge in [0.2, 0.25) is 6.41 Å². The van der Waals surface area contributed by atoms with Crippen LogP contribution in [0.4, 0.5) is 5.69 Å². The number of likely N-dealkylation sites (N-methyl/N-ethyl adjacent to an activating group) is 1. The Morgan fingerprint density at radius 3 is 2.76 bits per heavy atom. The molecule has 2 aromatic rings. The van der Waals surface area contributed by atoms with Crippen LogP contribution in [-0.2, 0) is 29.0 Å². The number of aryl methyl sites for hydroxylation is 1. The summed E-state index contributed by atoms with van der Waals surface area (Å²) in [5.41, 5.74) is 10.4. The fourth-order valence-corrected chi connectivity index (χ4v) is 2.99. The number of nitrogens with one attached hydrogen (secondary N) is 2. The number of hydrogen-bond donors (Lipinski definition) is 3. The first kappa shape index (κ1) is 24.0. The van der Waals surface area contributed by atoms with Crippen molar-refractivity contribution in [2.75, 3.05) is 11.9 Å². The number of rotatable bonds is 7. The number of nitrogens with zero attached hydrogens (tertiary/aromatic N) is 3. The molecule has 1 amide bonds. The van der Waals surface area contributed by atoms with Gasteiger partial charge in [0.1, 0.15) is 12.0 Å². The van der Waals surface area contributed by atoms with E-state index in [1.807, 2.05) is 6.92 Å². The van der Waals surface area contributed by atoms with Gasteiger partial charge >= 0.3 is 0 Å². The lowest BCUT2D eigenvalue weighted by atomic mass is 10.0. The van der Waals surface area contributed by atoms with Gasteiger partial charge in [-0.15, -0.1) is 6.58 Å². The predicted octanol–water partition coefficient (Wildman–Crippen LogP) is 1.77. The van der Waals surface area contributed by atoms with Crippen LogP contribution in [0, 0.1) is 0 Å². The van der Waals surface area contributed by atoms with Crippen molar-refractivity contribution >= 4 is 18.4 Å². The summed E-state index contributed by atoms with van der Waals surface area (Å²) in [6.07, 6.45) is 7.46. The lowest BCUT2D eigenvalue weighted by molar-refractivity contribution is -0.110. The third-order valence-corrected chi connectivity index (χ3v) is 4.49. The molecule has 3 rings (SSSR count). The maximum Gasteiger partial charge on any atom is 0.207 e. The maximum absolute atomic E-state index is 10.5. The minimum absolute atomic E-state index is 0.338. The number of aromatic nitrogens is 3. The molecule has 4 N–H and O–H groups in total. The van der Waals surface area contributed by atoms with Crippen molar-refractivity contribution in [2.45, 2.75) is 51.7 Å².